The van der Waals surface area contributed by atoms with Crippen LogP contribution in [0.1, 0.15) is 30.1 Å². The number of hydrogen-bond donors (Lipinski definition) is 2. The summed E-state index contributed by atoms with van der Waals surface area (Å²) in [7, 11) is 1.56. The minimum absolute atomic E-state index is 0.234. The van der Waals surface area contributed by atoms with Crippen molar-refractivity contribution in [3.8, 4) is 5.75 Å². The number of amides is 1. The molecule has 0 bridgehead atoms. The molecule has 1 aliphatic heterocycles. The number of fused-ring (bicyclic) bond motifs is 1. The van der Waals surface area contributed by atoms with E-state index >= 15 is 0 Å². The summed E-state index contributed by atoms with van der Waals surface area (Å²) in [6.07, 6.45) is 2.16. The molecule has 0 unspecified atom stereocenters. The molecule has 1 heterocycles. The maximum Gasteiger partial charge on any atom is 0.252 e. The van der Waals surface area contributed by atoms with Gasteiger partial charge in [-0.3, -0.25) is 4.79 Å². The molecular weight excluding hydrogens is 302 g/mol. The van der Waals surface area contributed by atoms with Crippen molar-refractivity contribution in [3.63, 3.8) is 0 Å². The van der Waals surface area contributed by atoms with Gasteiger partial charge in [0.05, 0.1) is 12.7 Å². The van der Waals surface area contributed by atoms with Crippen molar-refractivity contribution in [1.29, 1.82) is 0 Å². The van der Waals surface area contributed by atoms with Crippen LogP contribution in [-0.2, 0) is 0 Å². The van der Waals surface area contributed by atoms with E-state index in [1.165, 1.54) is 5.69 Å². The van der Waals surface area contributed by atoms with E-state index in [-0.39, 0.29) is 5.41 Å². The third-order valence-electron chi connectivity index (χ3n) is 5.25. The van der Waals surface area contributed by atoms with E-state index in [9.17, 15) is 4.79 Å². The van der Waals surface area contributed by atoms with Gasteiger partial charge in [-0.1, -0.05) is 19.1 Å². The zero-order chi connectivity index (χ0) is 17.3. The zero-order valence-electron chi connectivity index (χ0n) is 14.3. The highest BCUT2D eigenvalue weighted by Gasteiger charge is 2.29. The third kappa shape index (κ3) is 2.91. The van der Waals surface area contributed by atoms with Crippen LogP contribution in [0, 0.1) is 5.41 Å². The van der Waals surface area contributed by atoms with Gasteiger partial charge >= 0.3 is 0 Å². The highest BCUT2D eigenvalue weighted by molar-refractivity contribution is 6.04. The van der Waals surface area contributed by atoms with Crippen LogP contribution < -0.4 is 21.1 Å². The van der Waals surface area contributed by atoms with Crippen molar-refractivity contribution >= 4 is 22.4 Å². The first-order valence-corrected chi connectivity index (χ1v) is 8.33. The Bertz CT molecular complexity index is 765. The summed E-state index contributed by atoms with van der Waals surface area (Å²) < 4.78 is 5.37. The Morgan fingerprint density at radius 3 is 2.58 bits per heavy atom. The average molecular weight is 327 g/mol. The second kappa shape index (κ2) is 6.32. The smallest absolute Gasteiger partial charge is 0.252 e. The Morgan fingerprint density at radius 1 is 1.29 bits per heavy atom. The van der Waals surface area contributed by atoms with Gasteiger partial charge in [0, 0.05) is 24.2 Å². The first kappa shape index (κ1) is 16.6. The van der Waals surface area contributed by atoms with E-state index in [1.54, 1.807) is 7.11 Å². The lowest BCUT2D eigenvalue weighted by Crippen LogP contribution is -2.42. The van der Waals surface area contributed by atoms with Crippen molar-refractivity contribution < 1.29 is 9.53 Å². The van der Waals surface area contributed by atoms with E-state index < -0.39 is 5.91 Å². The summed E-state index contributed by atoms with van der Waals surface area (Å²) in [5.41, 5.74) is 13.2. The first-order valence-electron chi connectivity index (χ1n) is 8.33. The predicted molar refractivity (Wildman–Crippen MR) is 97.6 cm³/mol. The number of ether oxygens (including phenoxy) is 1. The molecule has 1 aliphatic rings. The molecule has 3 rings (SSSR count). The van der Waals surface area contributed by atoms with Crippen LogP contribution in [0.4, 0.5) is 5.69 Å². The number of benzene rings is 2. The Hall–Kier alpha value is -2.27. The standard InChI is InChI=1S/C19H25N3O2/c1-19(12-20)6-8-22(9-7-19)16-5-3-4-13-10-15(18(21)23)17(24-2)11-14(13)16/h3-5,10-11H,6-9,12,20H2,1-2H3,(H2,21,23). The summed E-state index contributed by atoms with van der Waals surface area (Å²) in [6, 6.07) is 9.87. The van der Waals surface area contributed by atoms with Crippen molar-refractivity contribution in [1.82, 2.24) is 0 Å². The summed E-state index contributed by atoms with van der Waals surface area (Å²) in [5.74, 6) is 0.0436. The second-order valence-corrected chi connectivity index (χ2v) is 6.92. The molecule has 0 spiro atoms. The van der Waals surface area contributed by atoms with Crippen LogP contribution in [0.25, 0.3) is 10.8 Å². The van der Waals surface area contributed by atoms with Gasteiger partial charge in [0.15, 0.2) is 0 Å². The fourth-order valence-electron chi connectivity index (χ4n) is 3.42. The number of nitrogens with zero attached hydrogens (tertiary/aromatic N) is 1. The van der Waals surface area contributed by atoms with E-state index in [2.05, 4.69) is 17.9 Å². The molecule has 5 nitrogen and oxygen atoms in total. The third-order valence-corrected chi connectivity index (χ3v) is 5.25. The number of anilines is 1. The number of piperidine rings is 1. The highest BCUT2D eigenvalue weighted by atomic mass is 16.5. The molecular formula is C19H25N3O2. The molecule has 0 atom stereocenters. The fraction of sp³-hybridized carbons (Fsp3) is 0.421. The average Bonchev–Trinajstić information content (AvgIpc) is 2.60. The summed E-state index contributed by atoms with van der Waals surface area (Å²) in [5, 5.41) is 2.07. The SMILES string of the molecule is COc1cc2c(N3CCC(C)(CN)CC3)cccc2cc1C(N)=O. The summed E-state index contributed by atoms with van der Waals surface area (Å²) in [6.45, 7) is 4.95. The van der Waals surface area contributed by atoms with Crippen molar-refractivity contribution in [2.45, 2.75) is 19.8 Å². The van der Waals surface area contributed by atoms with Gasteiger partial charge in [0.25, 0.3) is 5.91 Å². The number of carbonyl (C=O) groups excluding carboxylic acids is 1. The lowest BCUT2D eigenvalue weighted by molar-refractivity contribution is 0.0997. The molecule has 1 amide bonds. The van der Waals surface area contributed by atoms with E-state index in [0.29, 0.717) is 11.3 Å². The Labute approximate surface area is 142 Å². The normalized spacial score (nSPS) is 17.0. The molecule has 0 saturated carbocycles. The number of methoxy groups -OCH3 is 1. The fourth-order valence-corrected chi connectivity index (χ4v) is 3.42. The quantitative estimate of drug-likeness (QED) is 0.904. The Balaban J connectivity index is 2.02. The van der Waals surface area contributed by atoms with Crippen LogP contribution in [0.5, 0.6) is 5.75 Å². The minimum atomic E-state index is -0.476. The van der Waals surface area contributed by atoms with Gasteiger partial charge < -0.3 is 21.1 Å². The predicted octanol–water partition coefficient (Wildman–Crippen LogP) is 2.51. The van der Waals surface area contributed by atoms with E-state index in [4.69, 9.17) is 16.2 Å². The molecule has 1 fully saturated rings. The Morgan fingerprint density at radius 2 is 2.00 bits per heavy atom. The van der Waals surface area contributed by atoms with Gasteiger partial charge in [-0.2, -0.15) is 0 Å². The first-order chi connectivity index (χ1) is 11.5. The molecule has 128 valence electrons. The minimum Gasteiger partial charge on any atom is -0.496 e. The van der Waals surface area contributed by atoms with Gasteiger partial charge in [-0.25, -0.2) is 0 Å². The number of carbonyl (C=O) groups is 1. The highest BCUT2D eigenvalue weighted by Crippen LogP contribution is 2.37. The Kier molecular flexibility index (Phi) is 4.37. The van der Waals surface area contributed by atoms with Crippen molar-refractivity contribution in [2.75, 3.05) is 31.6 Å². The molecule has 0 aliphatic carbocycles. The van der Waals surface area contributed by atoms with Gasteiger partial charge in [-0.05, 0) is 48.4 Å². The molecule has 0 radical (unpaired) electrons. The number of primary amides is 1. The summed E-state index contributed by atoms with van der Waals surface area (Å²) in [4.78, 5) is 14.0. The summed E-state index contributed by atoms with van der Waals surface area (Å²) >= 11 is 0. The van der Waals surface area contributed by atoms with Crippen LogP contribution >= 0.6 is 0 Å². The number of nitrogens with two attached hydrogens (primary N) is 2. The molecule has 24 heavy (non-hydrogen) atoms. The van der Waals surface area contributed by atoms with Gasteiger partial charge in [-0.15, -0.1) is 0 Å². The van der Waals surface area contributed by atoms with Gasteiger partial charge in [0.2, 0.25) is 0 Å². The zero-order valence-corrected chi connectivity index (χ0v) is 14.3. The monoisotopic (exact) mass is 327 g/mol. The van der Waals surface area contributed by atoms with Crippen LogP contribution in [0.15, 0.2) is 30.3 Å². The van der Waals surface area contributed by atoms with Crippen LogP contribution in [0.2, 0.25) is 0 Å². The molecule has 0 aromatic heterocycles. The van der Waals surface area contributed by atoms with Crippen molar-refractivity contribution in [3.05, 3.63) is 35.9 Å². The molecule has 2 aromatic carbocycles. The van der Waals surface area contributed by atoms with E-state index in [1.807, 2.05) is 24.3 Å². The molecule has 4 N–H and O–H groups in total. The largest absolute Gasteiger partial charge is 0.496 e. The molecule has 5 heteroatoms. The maximum absolute atomic E-state index is 11.6. The van der Waals surface area contributed by atoms with Gasteiger partial charge in [0.1, 0.15) is 5.75 Å². The number of rotatable bonds is 4. The molecule has 1 saturated heterocycles. The maximum atomic E-state index is 11.6. The van der Waals surface area contributed by atoms with E-state index in [0.717, 1.165) is 43.2 Å². The lowest BCUT2D eigenvalue weighted by atomic mass is 9.80. The van der Waals surface area contributed by atoms with Crippen LogP contribution in [0.3, 0.4) is 0 Å². The van der Waals surface area contributed by atoms with Crippen molar-refractivity contribution in [2.24, 2.45) is 16.9 Å². The molecule has 2 aromatic rings. The lowest BCUT2D eigenvalue weighted by Gasteiger charge is -2.40. The van der Waals surface area contributed by atoms with Crippen LogP contribution in [-0.4, -0.2) is 32.7 Å². The topological polar surface area (TPSA) is 81.6 Å². The second-order valence-electron chi connectivity index (χ2n) is 6.92. The number of hydrogen-bond acceptors (Lipinski definition) is 4.